The lowest BCUT2D eigenvalue weighted by atomic mass is 10.1. The van der Waals surface area contributed by atoms with Gasteiger partial charge in [0.15, 0.2) is 0 Å². The van der Waals surface area contributed by atoms with Gasteiger partial charge in [0.25, 0.3) is 5.91 Å². The summed E-state index contributed by atoms with van der Waals surface area (Å²) in [6.45, 7) is 4.17. The van der Waals surface area contributed by atoms with E-state index in [1.807, 2.05) is 42.6 Å². The number of anilines is 1. The number of carbonyl (C=O) groups is 1. The Bertz CT molecular complexity index is 1010. The van der Waals surface area contributed by atoms with Crippen molar-refractivity contribution in [3.8, 4) is 11.3 Å². The zero-order valence-corrected chi connectivity index (χ0v) is 16.8. The van der Waals surface area contributed by atoms with Gasteiger partial charge >= 0.3 is 0 Å². The van der Waals surface area contributed by atoms with Crippen LogP contribution in [-0.2, 0) is 13.0 Å². The van der Waals surface area contributed by atoms with E-state index in [0.717, 1.165) is 56.1 Å². The minimum atomic E-state index is -0.102. The normalized spacial score (nSPS) is 18.7. The van der Waals surface area contributed by atoms with Gasteiger partial charge in [-0.3, -0.25) is 4.79 Å². The molecule has 1 aromatic carbocycles. The second-order valence-electron chi connectivity index (χ2n) is 7.75. The fourth-order valence-electron chi connectivity index (χ4n) is 4.07. The molecule has 8 nitrogen and oxygen atoms in total. The molecule has 4 heterocycles. The van der Waals surface area contributed by atoms with E-state index in [-0.39, 0.29) is 11.9 Å². The maximum Gasteiger partial charge on any atom is 0.271 e. The van der Waals surface area contributed by atoms with Crippen LogP contribution in [0.25, 0.3) is 11.3 Å². The predicted molar refractivity (Wildman–Crippen MR) is 114 cm³/mol. The Morgan fingerprint density at radius 2 is 2.00 bits per heavy atom. The van der Waals surface area contributed by atoms with Crippen molar-refractivity contribution in [1.82, 2.24) is 30.2 Å². The molecular formula is C22H25N7O. The highest BCUT2D eigenvalue weighted by Gasteiger charge is 2.27. The van der Waals surface area contributed by atoms with Crippen LogP contribution in [0, 0.1) is 0 Å². The fraction of sp³-hybridized carbons (Fsp3) is 0.364. The van der Waals surface area contributed by atoms with Crippen LogP contribution < -0.4 is 15.5 Å². The number of rotatable bonds is 4. The van der Waals surface area contributed by atoms with Gasteiger partial charge in [0, 0.05) is 63.1 Å². The van der Waals surface area contributed by atoms with E-state index in [9.17, 15) is 4.79 Å². The van der Waals surface area contributed by atoms with Crippen LogP contribution >= 0.6 is 0 Å². The van der Waals surface area contributed by atoms with Gasteiger partial charge in [0.1, 0.15) is 11.5 Å². The molecule has 1 amide bonds. The monoisotopic (exact) mass is 403 g/mol. The standard InChI is InChI=1S/C22H25N7O/c30-21(19-15-28-13-11-23-9-7-20(28)26-19)25-17-8-12-29(14-17)22-24-10-6-18(27-22)16-4-2-1-3-5-16/h1-6,10,15,17,23H,7-9,11-14H2,(H,25,30). The summed E-state index contributed by atoms with van der Waals surface area (Å²) in [5.74, 6) is 1.58. The number of hydrogen-bond acceptors (Lipinski definition) is 6. The molecule has 5 rings (SSSR count). The van der Waals surface area contributed by atoms with Crippen molar-refractivity contribution in [3.63, 3.8) is 0 Å². The molecule has 1 saturated heterocycles. The smallest absolute Gasteiger partial charge is 0.271 e. The first-order chi connectivity index (χ1) is 14.8. The van der Waals surface area contributed by atoms with Crippen LogP contribution in [0.5, 0.6) is 0 Å². The lowest BCUT2D eigenvalue weighted by Crippen LogP contribution is -2.37. The van der Waals surface area contributed by atoms with Crippen molar-refractivity contribution in [2.45, 2.75) is 25.4 Å². The van der Waals surface area contributed by atoms with Crippen molar-refractivity contribution >= 4 is 11.9 Å². The average Bonchev–Trinajstić information content (AvgIpc) is 3.36. The molecule has 3 aromatic rings. The van der Waals surface area contributed by atoms with E-state index < -0.39 is 0 Å². The Morgan fingerprint density at radius 1 is 1.10 bits per heavy atom. The molecule has 1 unspecified atom stereocenters. The summed E-state index contributed by atoms with van der Waals surface area (Å²) in [6.07, 6.45) is 5.38. The van der Waals surface area contributed by atoms with Crippen molar-refractivity contribution in [2.75, 3.05) is 31.1 Å². The Morgan fingerprint density at radius 3 is 2.90 bits per heavy atom. The molecule has 8 heteroatoms. The predicted octanol–water partition coefficient (Wildman–Crippen LogP) is 1.49. The molecule has 2 aliphatic heterocycles. The molecule has 0 bridgehead atoms. The summed E-state index contributed by atoms with van der Waals surface area (Å²) in [5.41, 5.74) is 2.48. The Balaban J connectivity index is 1.24. The molecule has 0 radical (unpaired) electrons. The lowest BCUT2D eigenvalue weighted by molar-refractivity contribution is 0.0935. The van der Waals surface area contributed by atoms with Crippen molar-refractivity contribution in [1.29, 1.82) is 0 Å². The molecule has 1 atom stereocenters. The van der Waals surface area contributed by atoms with Gasteiger partial charge in [0.2, 0.25) is 5.95 Å². The molecule has 0 spiro atoms. The first kappa shape index (κ1) is 18.7. The number of carbonyl (C=O) groups excluding carboxylic acids is 1. The number of nitrogens with one attached hydrogen (secondary N) is 2. The van der Waals surface area contributed by atoms with Crippen LogP contribution in [0.2, 0.25) is 0 Å². The SMILES string of the molecule is O=C(NC1CCN(c2nccc(-c3ccccc3)n2)C1)c1cn2c(n1)CCNCC2. The van der Waals surface area contributed by atoms with E-state index >= 15 is 0 Å². The third-order valence-corrected chi connectivity index (χ3v) is 5.67. The van der Waals surface area contributed by atoms with Crippen molar-refractivity contribution < 1.29 is 4.79 Å². The van der Waals surface area contributed by atoms with E-state index in [1.54, 1.807) is 6.20 Å². The van der Waals surface area contributed by atoms with E-state index in [2.05, 4.69) is 30.1 Å². The first-order valence-corrected chi connectivity index (χ1v) is 10.5. The Labute approximate surface area is 175 Å². The maximum absolute atomic E-state index is 12.7. The van der Waals surface area contributed by atoms with Crippen LogP contribution in [0.1, 0.15) is 22.7 Å². The van der Waals surface area contributed by atoms with E-state index in [4.69, 9.17) is 4.98 Å². The van der Waals surface area contributed by atoms with Crippen molar-refractivity contribution in [2.24, 2.45) is 0 Å². The number of amides is 1. The zero-order valence-electron chi connectivity index (χ0n) is 16.8. The third-order valence-electron chi connectivity index (χ3n) is 5.67. The molecule has 154 valence electrons. The van der Waals surface area contributed by atoms with Gasteiger partial charge in [-0.25, -0.2) is 15.0 Å². The molecule has 0 saturated carbocycles. The number of hydrogen-bond donors (Lipinski definition) is 2. The molecule has 0 aliphatic carbocycles. The number of aromatic nitrogens is 4. The molecule has 2 N–H and O–H groups in total. The molecular weight excluding hydrogens is 378 g/mol. The minimum Gasteiger partial charge on any atom is -0.346 e. The van der Waals surface area contributed by atoms with E-state index in [0.29, 0.717) is 18.2 Å². The second kappa shape index (κ2) is 8.23. The fourth-order valence-corrected chi connectivity index (χ4v) is 4.07. The number of benzene rings is 1. The largest absolute Gasteiger partial charge is 0.346 e. The van der Waals surface area contributed by atoms with Crippen LogP contribution in [0.3, 0.4) is 0 Å². The maximum atomic E-state index is 12.7. The highest BCUT2D eigenvalue weighted by molar-refractivity contribution is 5.92. The van der Waals surface area contributed by atoms with Crippen LogP contribution in [-0.4, -0.2) is 57.6 Å². The third kappa shape index (κ3) is 3.91. The van der Waals surface area contributed by atoms with Gasteiger partial charge in [-0.1, -0.05) is 30.3 Å². The van der Waals surface area contributed by atoms with Gasteiger partial charge in [-0.05, 0) is 12.5 Å². The average molecular weight is 403 g/mol. The lowest BCUT2D eigenvalue weighted by Gasteiger charge is -2.17. The molecule has 1 fully saturated rings. The number of imidazole rings is 1. The highest BCUT2D eigenvalue weighted by atomic mass is 16.2. The first-order valence-electron chi connectivity index (χ1n) is 10.5. The number of fused-ring (bicyclic) bond motifs is 1. The van der Waals surface area contributed by atoms with Gasteiger partial charge in [-0.2, -0.15) is 0 Å². The summed E-state index contributed by atoms with van der Waals surface area (Å²) in [6, 6.07) is 12.1. The summed E-state index contributed by atoms with van der Waals surface area (Å²) < 4.78 is 2.08. The topological polar surface area (TPSA) is 88.0 Å². The van der Waals surface area contributed by atoms with Gasteiger partial charge in [-0.15, -0.1) is 0 Å². The summed E-state index contributed by atoms with van der Waals surface area (Å²) in [5, 5.41) is 6.48. The Kier molecular flexibility index (Phi) is 5.15. The Hall–Kier alpha value is -3.26. The quantitative estimate of drug-likeness (QED) is 0.686. The molecule has 30 heavy (non-hydrogen) atoms. The second-order valence-corrected chi connectivity index (χ2v) is 7.75. The van der Waals surface area contributed by atoms with Gasteiger partial charge in [0.05, 0.1) is 5.69 Å². The summed E-state index contributed by atoms with van der Waals surface area (Å²) in [4.78, 5) is 28.6. The van der Waals surface area contributed by atoms with Gasteiger partial charge < -0.3 is 20.1 Å². The van der Waals surface area contributed by atoms with Crippen LogP contribution in [0.4, 0.5) is 5.95 Å². The molecule has 2 aliphatic rings. The van der Waals surface area contributed by atoms with E-state index in [1.165, 1.54) is 0 Å². The molecule has 2 aromatic heterocycles. The zero-order chi connectivity index (χ0) is 20.3. The minimum absolute atomic E-state index is 0.0599. The summed E-state index contributed by atoms with van der Waals surface area (Å²) in [7, 11) is 0. The highest BCUT2D eigenvalue weighted by Crippen LogP contribution is 2.21. The van der Waals surface area contributed by atoms with Crippen molar-refractivity contribution in [3.05, 3.63) is 60.3 Å². The number of nitrogens with zero attached hydrogens (tertiary/aromatic N) is 5. The summed E-state index contributed by atoms with van der Waals surface area (Å²) >= 11 is 0. The van der Waals surface area contributed by atoms with Crippen LogP contribution in [0.15, 0.2) is 48.8 Å².